The largest absolute Gasteiger partial charge is 0.481 e. The van der Waals surface area contributed by atoms with E-state index in [2.05, 4.69) is 20.2 Å². The molecule has 2 aromatic rings. The number of hydrogen-bond donors (Lipinski definition) is 1. The van der Waals surface area contributed by atoms with Crippen molar-refractivity contribution >= 4 is 17.5 Å². The van der Waals surface area contributed by atoms with Crippen molar-refractivity contribution in [3.63, 3.8) is 0 Å². The third-order valence-electron chi connectivity index (χ3n) is 2.05. The molecule has 2 heterocycles. The average molecular weight is 264 g/mol. The predicted octanol–water partition coefficient (Wildman–Crippen LogP) is 1.56. The number of aromatic nitrogens is 4. The Morgan fingerprint density at radius 2 is 2.28 bits per heavy atom. The molecule has 0 amide bonds. The van der Waals surface area contributed by atoms with Gasteiger partial charge in [0.1, 0.15) is 11.5 Å². The van der Waals surface area contributed by atoms with Crippen LogP contribution in [0.4, 0.5) is 0 Å². The molecule has 0 aliphatic carbocycles. The maximum absolute atomic E-state index is 10.9. The molecule has 0 aromatic carbocycles. The number of aromatic amines is 1. The van der Waals surface area contributed by atoms with Crippen LogP contribution in [0.25, 0.3) is 11.5 Å². The summed E-state index contributed by atoms with van der Waals surface area (Å²) in [4.78, 5) is 18.1. The highest BCUT2D eigenvalue weighted by atomic mass is 32.2. The Morgan fingerprint density at radius 3 is 3.00 bits per heavy atom. The molecule has 0 unspecified atom stereocenters. The summed E-state index contributed by atoms with van der Waals surface area (Å²) in [5.74, 6) is 1.54. The van der Waals surface area contributed by atoms with Crippen LogP contribution in [0.1, 0.15) is 6.92 Å². The normalized spacial score (nSPS) is 10.3. The van der Waals surface area contributed by atoms with Gasteiger partial charge in [0.15, 0.2) is 11.0 Å². The molecule has 0 atom stereocenters. The van der Waals surface area contributed by atoms with Crippen LogP contribution in [0, 0.1) is 0 Å². The molecule has 0 saturated heterocycles. The number of carbonyl (C=O) groups excluding carboxylic acids is 1. The van der Waals surface area contributed by atoms with Crippen LogP contribution in [0.2, 0.25) is 0 Å². The molecular formula is C11H12N4O2S. The highest BCUT2D eigenvalue weighted by Gasteiger charge is 2.08. The molecule has 0 aliphatic rings. The van der Waals surface area contributed by atoms with Crippen LogP contribution in [-0.4, -0.2) is 38.8 Å². The summed E-state index contributed by atoms with van der Waals surface area (Å²) < 4.78 is 5.04. The van der Waals surface area contributed by atoms with Crippen LogP contribution in [0.15, 0.2) is 23.4 Å². The van der Waals surface area contributed by atoms with E-state index in [1.54, 1.807) is 13.2 Å². The molecule has 0 saturated carbocycles. The lowest BCUT2D eigenvalue weighted by Gasteiger charge is -1.99. The maximum Gasteiger partial charge on any atom is 0.213 e. The number of hydrogen-bond acceptors (Lipinski definition) is 6. The van der Waals surface area contributed by atoms with Crippen molar-refractivity contribution in [2.24, 2.45) is 0 Å². The van der Waals surface area contributed by atoms with E-state index < -0.39 is 0 Å². The van der Waals surface area contributed by atoms with Gasteiger partial charge in [0.2, 0.25) is 5.88 Å². The van der Waals surface area contributed by atoms with Crippen molar-refractivity contribution in [1.29, 1.82) is 0 Å². The second-order valence-electron chi connectivity index (χ2n) is 3.53. The second kappa shape index (κ2) is 5.63. The number of Topliss-reactive ketones (excluding diaryl/α,β-unsaturated/α-hetero) is 1. The smallest absolute Gasteiger partial charge is 0.213 e. The van der Waals surface area contributed by atoms with Crippen molar-refractivity contribution in [2.75, 3.05) is 12.9 Å². The number of thioether (sulfide) groups is 1. The number of methoxy groups -OCH3 is 1. The first kappa shape index (κ1) is 12.6. The lowest BCUT2D eigenvalue weighted by Crippen LogP contribution is -1.93. The lowest BCUT2D eigenvalue weighted by atomic mass is 10.3. The molecule has 94 valence electrons. The topological polar surface area (TPSA) is 80.8 Å². The number of rotatable bonds is 5. The summed E-state index contributed by atoms with van der Waals surface area (Å²) in [6, 6.07) is 5.39. The Bertz CT molecular complexity index is 555. The molecule has 0 bridgehead atoms. The van der Waals surface area contributed by atoms with Gasteiger partial charge in [-0.1, -0.05) is 17.8 Å². The lowest BCUT2D eigenvalue weighted by molar-refractivity contribution is -0.114. The van der Waals surface area contributed by atoms with Crippen LogP contribution >= 0.6 is 11.8 Å². The molecule has 2 aromatic heterocycles. The van der Waals surface area contributed by atoms with E-state index in [-0.39, 0.29) is 5.78 Å². The molecule has 18 heavy (non-hydrogen) atoms. The molecule has 6 nitrogen and oxygen atoms in total. The number of ketones is 1. The zero-order valence-corrected chi connectivity index (χ0v) is 10.8. The number of ether oxygens (including phenoxy) is 1. The molecule has 0 fully saturated rings. The fraction of sp³-hybridized carbons (Fsp3) is 0.273. The van der Waals surface area contributed by atoms with E-state index in [0.29, 0.717) is 28.3 Å². The Hall–Kier alpha value is -1.89. The summed E-state index contributed by atoms with van der Waals surface area (Å²) >= 11 is 1.32. The van der Waals surface area contributed by atoms with Crippen molar-refractivity contribution in [2.45, 2.75) is 12.1 Å². The highest BCUT2D eigenvalue weighted by Crippen LogP contribution is 2.19. The third-order valence-corrected chi connectivity index (χ3v) is 3.06. The van der Waals surface area contributed by atoms with Crippen molar-refractivity contribution < 1.29 is 9.53 Å². The molecule has 0 spiro atoms. The van der Waals surface area contributed by atoms with Crippen LogP contribution in [0.5, 0.6) is 5.88 Å². The van der Waals surface area contributed by atoms with Crippen LogP contribution in [-0.2, 0) is 4.79 Å². The first-order valence-corrected chi connectivity index (χ1v) is 6.24. The molecule has 2 rings (SSSR count). The summed E-state index contributed by atoms with van der Waals surface area (Å²) in [5.41, 5.74) is 0.650. The van der Waals surface area contributed by atoms with E-state index >= 15 is 0 Å². The first-order chi connectivity index (χ1) is 8.69. The highest BCUT2D eigenvalue weighted by molar-refractivity contribution is 7.99. The fourth-order valence-corrected chi connectivity index (χ4v) is 1.86. The van der Waals surface area contributed by atoms with Crippen LogP contribution < -0.4 is 4.74 Å². The zero-order valence-electron chi connectivity index (χ0n) is 10.0. The average Bonchev–Trinajstić information content (AvgIpc) is 2.85. The molecule has 1 N–H and O–H groups in total. The van der Waals surface area contributed by atoms with E-state index in [4.69, 9.17) is 4.74 Å². The summed E-state index contributed by atoms with van der Waals surface area (Å²) in [7, 11) is 1.56. The zero-order chi connectivity index (χ0) is 13.0. The van der Waals surface area contributed by atoms with Crippen molar-refractivity contribution in [1.82, 2.24) is 20.2 Å². The minimum atomic E-state index is 0.0949. The Labute approximate surface area is 108 Å². The third kappa shape index (κ3) is 3.07. The quantitative estimate of drug-likeness (QED) is 0.825. The van der Waals surface area contributed by atoms with Gasteiger partial charge < -0.3 is 9.72 Å². The van der Waals surface area contributed by atoms with Crippen LogP contribution in [0.3, 0.4) is 0 Å². The number of H-pyrrole nitrogens is 1. The SMILES string of the molecule is COc1cccc(-c2nnc(SCC(C)=O)[nH]2)n1. The molecular weight excluding hydrogens is 252 g/mol. The number of nitrogens with zero attached hydrogens (tertiary/aromatic N) is 3. The summed E-state index contributed by atoms with van der Waals surface area (Å²) in [6.07, 6.45) is 0. The second-order valence-corrected chi connectivity index (χ2v) is 4.50. The van der Waals surface area contributed by atoms with E-state index in [1.807, 2.05) is 12.1 Å². The van der Waals surface area contributed by atoms with Gasteiger partial charge in [0, 0.05) is 6.07 Å². The van der Waals surface area contributed by atoms with E-state index in [1.165, 1.54) is 18.7 Å². The predicted molar refractivity (Wildman–Crippen MR) is 67.6 cm³/mol. The van der Waals surface area contributed by atoms with Crippen molar-refractivity contribution in [3.8, 4) is 17.4 Å². The number of pyridine rings is 1. The van der Waals surface area contributed by atoms with Gasteiger partial charge in [-0.25, -0.2) is 4.98 Å². The Morgan fingerprint density at radius 1 is 1.44 bits per heavy atom. The fourth-order valence-electron chi connectivity index (χ4n) is 1.26. The van der Waals surface area contributed by atoms with Gasteiger partial charge in [-0.05, 0) is 13.0 Å². The van der Waals surface area contributed by atoms with E-state index in [0.717, 1.165) is 0 Å². The van der Waals surface area contributed by atoms with Gasteiger partial charge in [-0.3, -0.25) is 4.79 Å². The van der Waals surface area contributed by atoms with Gasteiger partial charge in [0.25, 0.3) is 0 Å². The Balaban J connectivity index is 2.15. The minimum absolute atomic E-state index is 0.0949. The molecule has 0 radical (unpaired) electrons. The molecule has 0 aliphatic heterocycles. The Kier molecular flexibility index (Phi) is 3.93. The van der Waals surface area contributed by atoms with Gasteiger partial charge in [-0.2, -0.15) is 0 Å². The van der Waals surface area contributed by atoms with Gasteiger partial charge in [-0.15, -0.1) is 10.2 Å². The maximum atomic E-state index is 10.9. The summed E-state index contributed by atoms with van der Waals surface area (Å²) in [5, 5.41) is 8.53. The van der Waals surface area contributed by atoms with Crippen molar-refractivity contribution in [3.05, 3.63) is 18.2 Å². The summed E-state index contributed by atoms with van der Waals surface area (Å²) in [6.45, 7) is 1.54. The minimum Gasteiger partial charge on any atom is -0.481 e. The van der Waals surface area contributed by atoms with Gasteiger partial charge in [0.05, 0.1) is 12.9 Å². The number of nitrogens with one attached hydrogen (secondary N) is 1. The number of carbonyl (C=O) groups is 1. The molecule has 7 heteroatoms. The van der Waals surface area contributed by atoms with E-state index in [9.17, 15) is 4.79 Å². The first-order valence-electron chi connectivity index (χ1n) is 5.25. The monoisotopic (exact) mass is 264 g/mol. The van der Waals surface area contributed by atoms with Gasteiger partial charge >= 0.3 is 0 Å². The standard InChI is InChI=1S/C11H12N4O2S/c1-7(16)6-18-11-13-10(14-15-11)8-4-3-5-9(12-8)17-2/h3-5H,6H2,1-2H3,(H,13,14,15).